The molecular formula is C26H29N5OS. The summed E-state index contributed by atoms with van der Waals surface area (Å²) in [6.45, 7) is 7.77. The van der Waals surface area contributed by atoms with Gasteiger partial charge in [0.05, 0.1) is 16.7 Å². The first-order valence-electron chi connectivity index (χ1n) is 11.3. The van der Waals surface area contributed by atoms with Gasteiger partial charge in [0.2, 0.25) is 0 Å². The van der Waals surface area contributed by atoms with E-state index in [1.54, 1.807) is 18.7 Å². The number of aromatic nitrogens is 3. The Labute approximate surface area is 198 Å². The van der Waals surface area contributed by atoms with Crippen molar-refractivity contribution in [2.24, 2.45) is 0 Å². The third kappa shape index (κ3) is 4.07. The molecule has 3 heterocycles. The molecule has 1 aliphatic rings. The summed E-state index contributed by atoms with van der Waals surface area (Å²) in [5, 5.41) is 0. The van der Waals surface area contributed by atoms with E-state index in [0.29, 0.717) is 0 Å². The second kappa shape index (κ2) is 8.72. The van der Waals surface area contributed by atoms with Gasteiger partial charge in [-0.05, 0) is 63.0 Å². The van der Waals surface area contributed by atoms with E-state index in [-0.39, 0.29) is 5.78 Å². The Balaban J connectivity index is 1.59. The number of aromatic amines is 2. The second-order valence-electron chi connectivity index (χ2n) is 8.74. The SMILES string of the molecule is CSc1ccc(-c2c(-c3nc4ccc(N5CCN(C)CC5)cc4[nH]3)[nH]c(C)c2C(C)=O)cc1. The zero-order valence-electron chi connectivity index (χ0n) is 19.5. The van der Waals surface area contributed by atoms with Crippen molar-refractivity contribution >= 4 is 34.3 Å². The molecule has 6 nitrogen and oxygen atoms in total. The fourth-order valence-corrected chi connectivity index (χ4v) is 5.07. The van der Waals surface area contributed by atoms with Gasteiger partial charge >= 0.3 is 0 Å². The summed E-state index contributed by atoms with van der Waals surface area (Å²) in [6, 6.07) is 14.8. The monoisotopic (exact) mass is 459 g/mol. The molecule has 0 amide bonds. The molecule has 0 atom stereocenters. The largest absolute Gasteiger partial charge is 0.369 e. The maximum absolute atomic E-state index is 12.6. The average Bonchev–Trinajstić information content (AvgIpc) is 3.40. The Morgan fingerprint density at radius 3 is 2.42 bits per heavy atom. The van der Waals surface area contributed by atoms with Gasteiger partial charge in [-0.15, -0.1) is 11.8 Å². The number of fused-ring (bicyclic) bond motifs is 1. The van der Waals surface area contributed by atoms with E-state index in [4.69, 9.17) is 4.98 Å². The first-order valence-corrected chi connectivity index (χ1v) is 12.5. The maximum atomic E-state index is 12.6. The van der Waals surface area contributed by atoms with Crippen molar-refractivity contribution in [3.8, 4) is 22.6 Å². The Hall–Kier alpha value is -3.03. The quantitative estimate of drug-likeness (QED) is 0.317. The number of imidazole rings is 1. The third-order valence-corrected chi connectivity index (χ3v) is 7.23. The predicted octanol–water partition coefficient (Wildman–Crippen LogP) is 5.21. The van der Waals surface area contributed by atoms with Gasteiger partial charge in [-0.1, -0.05) is 12.1 Å². The van der Waals surface area contributed by atoms with Crippen molar-refractivity contribution in [1.82, 2.24) is 19.9 Å². The standard InChI is InChI=1S/C26H29N5OS/c1-16-23(17(2)32)24(18-5-8-20(33-4)9-6-18)25(27-16)26-28-21-10-7-19(15-22(21)29-26)31-13-11-30(3)12-14-31/h5-10,15,27H,11-14H2,1-4H3,(H,28,29). The minimum absolute atomic E-state index is 0.0485. The van der Waals surface area contributed by atoms with Crippen LogP contribution in [-0.4, -0.2) is 65.1 Å². The van der Waals surface area contributed by atoms with Crippen molar-refractivity contribution in [1.29, 1.82) is 0 Å². The van der Waals surface area contributed by atoms with Gasteiger partial charge < -0.3 is 19.8 Å². The highest BCUT2D eigenvalue weighted by Crippen LogP contribution is 2.37. The number of nitrogens with one attached hydrogen (secondary N) is 2. The summed E-state index contributed by atoms with van der Waals surface area (Å²) in [5.41, 5.74) is 7.49. The van der Waals surface area contributed by atoms with Crippen LogP contribution < -0.4 is 4.90 Å². The number of ketones is 1. The lowest BCUT2D eigenvalue weighted by Gasteiger charge is -2.34. The zero-order chi connectivity index (χ0) is 23.1. The normalized spacial score (nSPS) is 14.8. The highest BCUT2D eigenvalue weighted by molar-refractivity contribution is 7.98. The summed E-state index contributed by atoms with van der Waals surface area (Å²) in [5.74, 6) is 0.799. The van der Waals surface area contributed by atoms with Crippen LogP contribution in [0.1, 0.15) is 23.0 Å². The number of carbonyl (C=O) groups is 1. The van der Waals surface area contributed by atoms with Crippen LogP contribution in [-0.2, 0) is 0 Å². The van der Waals surface area contributed by atoms with Gasteiger partial charge in [-0.2, -0.15) is 0 Å². The van der Waals surface area contributed by atoms with Crippen LogP contribution in [0.5, 0.6) is 0 Å². The first kappa shape index (κ1) is 21.8. The molecule has 0 spiro atoms. The highest BCUT2D eigenvalue weighted by atomic mass is 32.2. The fourth-order valence-electron chi connectivity index (χ4n) is 4.67. The lowest BCUT2D eigenvalue weighted by atomic mass is 9.98. The molecule has 2 aromatic carbocycles. The van der Waals surface area contributed by atoms with Crippen molar-refractivity contribution in [3.05, 3.63) is 53.7 Å². The Morgan fingerprint density at radius 1 is 1.03 bits per heavy atom. The number of rotatable bonds is 5. The smallest absolute Gasteiger partial charge is 0.162 e. The molecule has 1 fully saturated rings. The molecule has 170 valence electrons. The molecule has 2 aromatic heterocycles. The number of Topliss-reactive ketones (excluding diaryl/α,β-unsaturated/α-hetero) is 1. The number of aryl methyl sites for hydroxylation is 1. The van der Waals surface area contributed by atoms with Crippen LogP contribution in [0.4, 0.5) is 5.69 Å². The maximum Gasteiger partial charge on any atom is 0.162 e. The summed E-state index contributed by atoms with van der Waals surface area (Å²) < 4.78 is 0. The van der Waals surface area contributed by atoms with Crippen molar-refractivity contribution in [2.75, 3.05) is 44.4 Å². The first-order chi connectivity index (χ1) is 15.9. The summed E-state index contributed by atoms with van der Waals surface area (Å²) in [6.07, 6.45) is 2.06. The average molecular weight is 460 g/mol. The number of benzene rings is 2. The van der Waals surface area contributed by atoms with Gasteiger partial charge in [0.1, 0.15) is 0 Å². The molecule has 0 unspecified atom stereocenters. The lowest BCUT2D eigenvalue weighted by molar-refractivity contribution is 0.101. The Morgan fingerprint density at radius 2 is 1.76 bits per heavy atom. The minimum Gasteiger partial charge on any atom is -0.369 e. The second-order valence-corrected chi connectivity index (χ2v) is 9.62. The van der Waals surface area contributed by atoms with E-state index >= 15 is 0 Å². The van der Waals surface area contributed by atoms with Gasteiger partial charge in [0.15, 0.2) is 11.6 Å². The topological polar surface area (TPSA) is 68.0 Å². The number of anilines is 1. The number of hydrogen-bond acceptors (Lipinski definition) is 5. The number of H-pyrrole nitrogens is 2. The fraction of sp³-hybridized carbons (Fsp3) is 0.308. The number of piperazine rings is 1. The third-order valence-electron chi connectivity index (χ3n) is 6.49. The van der Waals surface area contributed by atoms with Crippen LogP contribution in [0, 0.1) is 6.92 Å². The van der Waals surface area contributed by atoms with E-state index in [1.807, 2.05) is 6.92 Å². The minimum atomic E-state index is 0.0485. The molecule has 1 saturated heterocycles. The van der Waals surface area contributed by atoms with Crippen molar-refractivity contribution in [3.63, 3.8) is 0 Å². The molecule has 0 aliphatic carbocycles. The zero-order valence-corrected chi connectivity index (χ0v) is 20.3. The molecule has 0 saturated carbocycles. The number of thioether (sulfide) groups is 1. The van der Waals surface area contributed by atoms with Gasteiger partial charge in [-0.25, -0.2) is 4.98 Å². The molecule has 2 N–H and O–H groups in total. The summed E-state index contributed by atoms with van der Waals surface area (Å²) in [4.78, 5) is 30.4. The van der Waals surface area contributed by atoms with Crippen LogP contribution in [0.2, 0.25) is 0 Å². The van der Waals surface area contributed by atoms with E-state index in [1.165, 1.54) is 10.6 Å². The number of hydrogen-bond donors (Lipinski definition) is 2. The Kier molecular flexibility index (Phi) is 5.76. The van der Waals surface area contributed by atoms with Gasteiger partial charge in [0.25, 0.3) is 0 Å². The molecule has 1 aliphatic heterocycles. The van der Waals surface area contributed by atoms with E-state index in [2.05, 4.69) is 75.5 Å². The molecule has 4 aromatic rings. The van der Waals surface area contributed by atoms with Crippen LogP contribution in [0.3, 0.4) is 0 Å². The van der Waals surface area contributed by atoms with E-state index in [9.17, 15) is 4.79 Å². The van der Waals surface area contributed by atoms with Crippen LogP contribution in [0.15, 0.2) is 47.4 Å². The molecule has 0 radical (unpaired) electrons. The molecule has 7 heteroatoms. The highest BCUT2D eigenvalue weighted by Gasteiger charge is 2.23. The van der Waals surface area contributed by atoms with E-state index in [0.717, 1.165) is 71.1 Å². The van der Waals surface area contributed by atoms with Crippen LogP contribution >= 0.6 is 11.8 Å². The Bertz CT molecular complexity index is 1310. The summed E-state index contributed by atoms with van der Waals surface area (Å²) in [7, 11) is 2.17. The van der Waals surface area contributed by atoms with E-state index < -0.39 is 0 Å². The molecule has 5 rings (SSSR count). The van der Waals surface area contributed by atoms with Crippen molar-refractivity contribution < 1.29 is 4.79 Å². The number of carbonyl (C=O) groups excluding carboxylic acids is 1. The van der Waals surface area contributed by atoms with Gasteiger partial charge in [-0.3, -0.25) is 4.79 Å². The van der Waals surface area contributed by atoms with Crippen molar-refractivity contribution in [2.45, 2.75) is 18.7 Å². The van der Waals surface area contributed by atoms with Gasteiger partial charge in [0, 0.05) is 53.6 Å². The number of likely N-dealkylation sites (N-methyl/N-ethyl adjacent to an activating group) is 1. The lowest BCUT2D eigenvalue weighted by Crippen LogP contribution is -2.44. The molecule has 0 bridgehead atoms. The van der Waals surface area contributed by atoms with Crippen LogP contribution in [0.25, 0.3) is 33.7 Å². The number of nitrogens with zero attached hydrogens (tertiary/aromatic N) is 3. The predicted molar refractivity (Wildman–Crippen MR) is 138 cm³/mol. The summed E-state index contributed by atoms with van der Waals surface area (Å²) >= 11 is 1.71. The molecule has 33 heavy (non-hydrogen) atoms. The molecular weight excluding hydrogens is 430 g/mol.